The average molecular weight is 402 g/mol. The van der Waals surface area contributed by atoms with E-state index >= 15 is 0 Å². The van der Waals surface area contributed by atoms with E-state index in [1.54, 1.807) is 0 Å². The molecule has 0 heterocycles. The molecule has 0 saturated heterocycles. The van der Waals surface area contributed by atoms with E-state index in [1.807, 2.05) is 4.72 Å². The van der Waals surface area contributed by atoms with Crippen molar-refractivity contribution in [3.8, 4) is 0 Å². The fourth-order valence-corrected chi connectivity index (χ4v) is 2.61. The van der Waals surface area contributed by atoms with Gasteiger partial charge >= 0.3 is 6.18 Å². The zero-order chi connectivity index (χ0) is 20.2. The Balaban J connectivity index is 2.28. The van der Waals surface area contributed by atoms with E-state index < -0.39 is 33.5 Å². The predicted molar refractivity (Wildman–Crippen MR) is 94.0 cm³/mol. The SMILES string of the molecule is CS(=O)(=O)Nc1ccc(C(F)(F)F)cc1NC(=O)/C=C/c1ccc(F)cc1. The number of alkyl halides is 3. The highest BCUT2D eigenvalue weighted by Gasteiger charge is 2.31. The Morgan fingerprint density at radius 3 is 2.22 bits per heavy atom. The van der Waals surface area contributed by atoms with E-state index in [1.165, 1.54) is 30.3 Å². The maximum absolute atomic E-state index is 12.9. The smallest absolute Gasteiger partial charge is 0.321 e. The molecule has 10 heteroatoms. The second-order valence-electron chi connectivity index (χ2n) is 5.51. The lowest BCUT2D eigenvalue weighted by Gasteiger charge is -2.14. The highest BCUT2D eigenvalue weighted by molar-refractivity contribution is 7.92. The second kappa shape index (κ2) is 7.78. The first-order valence-corrected chi connectivity index (χ1v) is 9.27. The molecule has 0 atom stereocenters. The molecule has 0 aromatic heterocycles. The van der Waals surface area contributed by atoms with Gasteiger partial charge in [0.15, 0.2) is 0 Å². The average Bonchev–Trinajstić information content (AvgIpc) is 2.53. The van der Waals surface area contributed by atoms with Gasteiger partial charge in [-0.2, -0.15) is 13.2 Å². The highest BCUT2D eigenvalue weighted by atomic mass is 32.2. The summed E-state index contributed by atoms with van der Waals surface area (Å²) in [5.74, 6) is -1.26. The number of halogens is 4. The van der Waals surface area contributed by atoms with Gasteiger partial charge in [-0.3, -0.25) is 9.52 Å². The maximum Gasteiger partial charge on any atom is 0.416 e. The highest BCUT2D eigenvalue weighted by Crippen LogP contribution is 2.34. The zero-order valence-corrected chi connectivity index (χ0v) is 14.7. The van der Waals surface area contributed by atoms with Gasteiger partial charge in [0.05, 0.1) is 23.2 Å². The van der Waals surface area contributed by atoms with Crippen LogP contribution < -0.4 is 10.0 Å². The van der Waals surface area contributed by atoms with Crippen LogP contribution in [0, 0.1) is 5.82 Å². The molecule has 0 bridgehead atoms. The van der Waals surface area contributed by atoms with Crippen LogP contribution in [0.3, 0.4) is 0 Å². The summed E-state index contributed by atoms with van der Waals surface area (Å²) in [4.78, 5) is 12.0. The quantitative estimate of drug-likeness (QED) is 0.589. The second-order valence-corrected chi connectivity index (χ2v) is 7.25. The first kappa shape index (κ1) is 20.4. The van der Waals surface area contributed by atoms with Crippen molar-refractivity contribution in [2.75, 3.05) is 16.3 Å². The Kier molecular flexibility index (Phi) is 5.89. The first-order chi connectivity index (χ1) is 12.4. The number of nitrogens with one attached hydrogen (secondary N) is 2. The summed E-state index contributed by atoms with van der Waals surface area (Å²) >= 11 is 0. The Bertz CT molecular complexity index is 969. The molecule has 27 heavy (non-hydrogen) atoms. The van der Waals surface area contributed by atoms with Crippen LogP contribution in [0.15, 0.2) is 48.5 Å². The molecule has 144 valence electrons. The summed E-state index contributed by atoms with van der Waals surface area (Å²) in [6, 6.07) is 7.38. The lowest BCUT2D eigenvalue weighted by Crippen LogP contribution is -2.16. The Labute approximate surface area is 152 Å². The van der Waals surface area contributed by atoms with Crippen LogP contribution in [0.1, 0.15) is 11.1 Å². The van der Waals surface area contributed by atoms with Gasteiger partial charge in [0, 0.05) is 6.08 Å². The third-order valence-electron chi connectivity index (χ3n) is 3.20. The van der Waals surface area contributed by atoms with Gasteiger partial charge in [0.2, 0.25) is 15.9 Å². The first-order valence-electron chi connectivity index (χ1n) is 7.38. The zero-order valence-electron chi connectivity index (χ0n) is 13.8. The van der Waals surface area contributed by atoms with Crippen molar-refractivity contribution in [2.24, 2.45) is 0 Å². The van der Waals surface area contributed by atoms with Crippen molar-refractivity contribution >= 4 is 33.4 Å². The predicted octanol–water partition coefficient (Wildman–Crippen LogP) is 3.87. The van der Waals surface area contributed by atoms with Gasteiger partial charge in [0.1, 0.15) is 5.82 Å². The number of anilines is 2. The van der Waals surface area contributed by atoms with Gasteiger partial charge in [-0.05, 0) is 42.0 Å². The van der Waals surface area contributed by atoms with E-state index in [-0.39, 0.29) is 11.4 Å². The Morgan fingerprint density at radius 1 is 1.04 bits per heavy atom. The van der Waals surface area contributed by atoms with E-state index in [0.717, 1.165) is 18.4 Å². The molecule has 0 aliphatic rings. The lowest BCUT2D eigenvalue weighted by atomic mass is 10.1. The van der Waals surface area contributed by atoms with Gasteiger partial charge < -0.3 is 5.32 Å². The van der Waals surface area contributed by atoms with Gasteiger partial charge in [-0.15, -0.1) is 0 Å². The van der Waals surface area contributed by atoms with E-state index in [2.05, 4.69) is 5.32 Å². The molecular formula is C17H14F4N2O3S. The normalized spacial score (nSPS) is 12.2. The van der Waals surface area contributed by atoms with Crippen molar-refractivity contribution in [1.82, 2.24) is 0 Å². The summed E-state index contributed by atoms with van der Waals surface area (Å²) in [5, 5.41) is 2.20. The summed E-state index contributed by atoms with van der Waals surface area (Å²) in [7, 11) is -3.78. The fourth-order valence-electron chi connectivity index (χ4n) is 2.03. The van der Waals surface area contributed by atoms with Crippen LogP contribution >= 0.6 is 0 Å². The largest absolute Gasteiger partial charge is 0.416 e. The number of amides is 1. The van der Waals surface area contributed by atoms with Crippen molar-refractivity contribution in [3.05, 3.63) is 65.5 Å². The molecule has 2 rings (SSSR count). The van der Waals surface area contributed by atoms with Crippen molar-refractivity contribution in [3.63, 3.8) is 0 Å². The van der Waals surface area contributed by atoms with Crippen LogP contribution in [0.4, 0.5) is 28.9 Å². The van der Waals surface area contributed by atoms with Crippen LogP contribution in [-0.4, -0.2) is 20.6 Å². The number of hydrogen-bond acceptors (Lipinski definition) is 3. The molecule has 0 radical (unpaired) electrons. The minimum absolute atomic E-state index is 0.214. The number of benzene rings is 2. The molecule has 0 fully saturated rings. The van der Waals surface area contributed by atoms with Crippen LogP contribution in [0.25, 0.3) is 6.08 Å². The molecule has 0 aliphatic heterocycles. The summed E-state index contributed by atoms with van der Waals surface area (Å²) < 4.78 is 76.3. The number of carbonyl (C=O) groups is 1. The molecule has 5 nitrogen and oxygen atoms in total. The summed E-state index contributed by atoms with van der Waals surface area (Å²) in [5.41, 5.74) is -1.14. The molecule has 0 unspecified atom stereocenters. The minimum Gasteiger partial charge on any atom is -0.321 e. The van der Waals surface area contributed by atoms with Gasteiger partial charge in [-0.25, -0.2) is 12.8 Å². The molecule has 0 saturated carbocycles. The molecule has 0 spiro atoms. The third-order valence-corrected chi connectivity index (χ3v) is 3.79. The van der Waals surface area contributed by atoms with E-state index in [0.29, 0.717) is 17.7 Å². The Hall–Kier alpha value is -2.88. The van der Waals surface area contributed by atoms with Crippen LogP contribution in [0.2, 0.25) is 0 Å². The molecule has 0 aliphatic carbocycles. The number of hydrogen-bond donors (Lipinski definition) is 2. The third kappa shape index (κ3) is 6.41. The number of sulfonamides is 1. The fraction of sp³-hybridized carbons (Fsp3) is 0.118. The number of rotatable bonds is 5. The van der Waals surface area contributed by atoms with E-state index in [4.69, 9.17) is 0 Å². The minimum atomic E-state index is -4.67. The molecule has 2 aromatic rings. The summed E-state index contributed by atoms with van der Waals surface area (Å²) in [6.45, 7) is 0. The summed E-state index contributed by atoms with van der Waals surface area (Å²) in [6.07, 6.45) is -1.50. The van der Waals surface area contributed by atoms with Crippen molar-refractivity contribution in [1.29, 1.82) is 0 Å². The van der Waals surface area contributed by atoms with Crippen molar-refractivity contribution in [2.45, 2.75) is 6.18 Å². The molecular weight excluding hydrogens is 388 g/mol. The van der Waals surface area contributed by atoms with Crippen molar-refractivity contribution < 1.29 is 30.8 Å². The Morgan fingerprint density at radius 2 is 1.67 bits per heavy atom. The monoisotopic (exact) mass is 402 g/mol. The van der Waals surface area contributed by atoms with Gasteiger partial charge in [0.25, 0.3) is 0 Å². The lowest BCUT2D eigenvalue weighted by molar-refractivity contribution is -0.137. The van der Waals surface area contributed by atoms with Crippen LogP contribution in [-0.2, 0) is 21.0 Å². The standard InChI is InChI=1S/C17H14F4N2O3S/c1-27(25,26)23-14-8-5-12(17(19,20)21)10-15(14)22-16(24)9-4-11-2-6-13(18)7-3-11/h2-10,23H,1H3,(H,22,24)/b9-4+. The van der Waals surface area contributed by atoms with E-state index in [9.17, 15) is 30.8 Å². The molecule has 1 amide bonds. The number of carbonyl (C=O) groups excluding carboxylic acids is 1. The van der Waals surface area contributed by atoms with Gasteiger partial charge in [-0.1, -0.05) is 12.1 Å². The topological polar surface area (TPSA) is 75.3 Å². The maximum atomic E-state index is 12.9. The van der Waals surface area contributed by atoms with Crippen LogP contribution in [0.5, 0.6) is 0 Å². The molecule has 2 aromatic carbocycles. The molecule has 2 N–H and O–H groups in total.